The van der Waals surface area contributed by atoms with E-state index < -0.39 is 0 Å². The highest BCUT2D eigenvalue weighted by molar-refractivity contribution is 9.10. The number of nitrogens with zero attached hydrogens (tertiary/aromatic N) is 1. The van der Waals surface area contributed by atoms with E-state index in [1.807, 2.05) is 32.0 Å². The number of aryl methyl sites for hydroxylation is 1. The van der Waals surface area contributed by atoms with E-state index in [1.54, 1.807) is 4.90 Å². The van der Waals surface area contributed by atoms with Crippen molar-refractivity contribution >= 4 is 27.6 Å². The number of ether oxygens (including phenoxy) is 1. The van der Waals surface area contributed by atoms with Crippen LogP contribution in [0.4, 0.5) is 10.5 Å². The Balaban J connectivity index is 2.09. The molecule has 1 unspecified atom stereocenters. The first-order chi connectivity index (χ1) is 8.59. The van der Waals surface area contributed by atoms with Crippen molar-refractivity contribution in [1.82, 2.24) is 4.90 Å². The first-order valence-corrected chi connectivity index (χ1v) is 6.79. The summed E-state index contributed by atoms with van der Waals surface area (Å²) in [5.41, 5.74) is 1.90. The Morgan fingerprint density at radius 3 is 3.06 bits per heavy atom. The molecule has 4 nitrogen and oxygen atoms in total. The lowest BCUT2D eigenvalue weighted by Crippen LogP contribution is -2.48. The smallest absolute Gasteiger partial charge is 0.322 e. The zero-order valence-corrected chi connectivity index (χ0v) is 12.2. The molecule has 1 aromatic carbocycles. The van der Waals surface area contributed by atoms with Crippen LogP contribution in [0.5, 0.6) is 0 Å². The predicted octanol–water partition coefficient (Wildman–Crippen LogP) is 3.01. The van der Waals surface area contributed by atoms with Crippen LogP contribution in [-0.4, -0.2) is 36.7 Å². The number of amides is 2. The normalized spacial score (nSPS) is 19.7. The topological polar surface area (TPSA) is 41.6 Å². The number of benzene rings is 1. The fraction of sp³-hybridized carbons (Fsp3) is 0.462. The average Bonchev–Trinajstić information content (AvgIpc) is 2.35. The van der Waals surface area contributed by atoms with E-state index in [-0.39, 0.29) is 12.1 Å². The van der Waals surface area contributed by atoms with Crippen molar-refractivity contribution in [3.05, 3.63) is 28.2 Å². The molecule has 2 rings (SSSR count). The van der Waals surface area contributed by atoms with Crippen LogP contribution < -0.4 is 5.32 Å². The van der Waals surface area contributed by atoms with Crippen LogP contribution in [0.3, 0.4) is 0 Å². The molecule has 5 heteroatoms. The number of anilines is 1. The first kappa shape index (κ1) is 13.4. The second-order valence-corrected chi connectivity index (χ2v) is 5.28. The minimum Gasteiger partial charge on any atom is -0.377 e. The van der Waals surface area contributed by atoms with Gasteiger partial charge in [0.2, 0.25) is 0 Å². The fourth-order valence-corrected chi connectivity index (χ4v) is 2.32. The molecule has 1 atom stereocenters. The molecule has 1 aromatic rings. The molecule has 0 aliphatic carbocycles. The van der Waals surface area contributed by atoms with Gasteiger partial charge in [-0.2, -0.15) is 0 Å². The Labute approximate surface area is 115 Å². The number of morpholine rings is 1. The van der Waals surface area contributed by atoms with Crippen LogP contribution in [-0.2, 0) is 4.74 Å². The van der Waals surface area contributed by atoms with Gasteiger partial charge in [-0.3, -0.25) is 0 Å². The minimum absolute atomic E-state index is 0.0721. The fourth-order valence-electron chi connectivity index (χ4n) is 1.96. The van der Waals surface area contributed by atoms with Gasteiger partial charge in [-0.25, -0.2) is 4.79 Å². The molecule has 0 radical (unpaired) electrons. The molecule has 2 amide bonds. The van der Waals surface area contributed by atoms with E-state index >= 15 is 0 Å². The molecule has 1 N–H and O–H groups in total. The van der Waals surface area contributed by atoms with E-state index in [0.717, 1.165) is 15.7 Å². The summed E-state index contributed by atoms with van der Waals surface area (Å²) in [5.74, 6) is 0. The summed E-state index contributed by atoms with van der Waals surface area (Å²) in [5, 5.41) is 2.94. The standard InChI is InChI=1S/C13H17BrN2O2/c1-9-4-3-5-11(12(9)14)15-13(17)16-6-7-18-8-10(16)2/h3-5,10H,6-8H2,1-2H3,(H,15,17). The number of rotatable bonds is 1. The van der Waals surface area contributed by atoms with Crippen molar-refractivity contribution in [2.24, 2.45) is 0 Å². The molecule has 0 saturated carbocycles. The van der Waals surface area contributed by atoms with E-state index in [2.05, 4.69) is 21.2 Å². The molecule has 98 valence electrons. The average molecular weight is 313 g/mol. The summed E-state index contributed by atoms with van der Waals surface area (Å²) in [4.78, 5) is 14.0. The quantitative estimate of drug-likeness (QED) is 0.866. The van der Waals surface area contributed by atoms with Gasteiger partial charge in [0.25, 0.3) is 0 Å². The number of carbonyl (C=O) groups is 1. The van der Waals surface area contributed by atoms with Gasteiger partial charge < -0.3 is 15.0 Å². The number of hydrogen-bond donors (Lipinski definition) is 1. The first-order valence-electron chi connectivity index (χ1n) is 6.00. The van der Waals surface area contributed by atoms with Crippen LogP contribution >= 0.6 is 15.9 Å². The van der Waals surface area contributed by atoms with E-state index in [1.165, 1.54) is 0 Å². The Bertz CT molecular complexity index is 451. The highest BCUT2D eigenvalue weighted by Crippen LogP contribution is 2.26. The molecule has 0 bridgehead atoms. The zero-order chi connectivity index (χ0) is 13.1. The number of urea groups is 1. The van der Waals surface area contributed by atoms with Gasteiger partial charge in [0.15, 0.2) is 0 Å². The van der Waals surface area contributed by atoms with Crippen molar-refractivity contribution in [3.8, 4) is 0 Å². The van der Waals surface area contributed by atoms with Gasteiger partial charge in [-0.05, 0) is 41.4 Å². The lowest BCUT2D eigenvalue weighted by atomic mass is 10.2. The Morgan fingerprint density at radius 1 is 1.56 bits per heavy atom. The Hall–Kier alpha value is -1.07. The molecule has 1 fully saturated rings. The lowest BCUT2D eigenvalue weighted by Gasteiger charge is -2.33. The van der Waals surface area contributed by atoms with Crippen molar-refractivity contribution < 1.29 is 9.53 Å². The van der Waals surface area contributed by atoms with E-state index in [0.29, 0.717) is 19.8 Å². The predicted molar refractivity (Wildman–Crippen MR) is 74.9 cm³/mol. The van der Waals surface area contributed by atoms with Crippen molar-refractivity contribution in [2.75, 3.05) is 25.1 Å². The summed E-state index contributed by atoms with van der Waals surface area (Å²) < 4.78 is 6.25. The third-order valence-corrected chi connectivity index (χ3v) is 4.11. The van der Waals surface area contributed by atoms with Crippen molar-refractivity contribution in [3.63, 3.8) is 0 Å². The molecule has 18 heavy (non-hydrogen) atoms. The van der Waals surface area contributed by atoms with Crippen molar-refractivity contribution in [1.29, 1.82) is 0 Å². The van der Waals surface area contributed by atoms with Gasteiger partial charge in [0, 0.05) is 11.0 Å². The second kappa shape index (κ2) is 5.71. The molecule has 1 aliphatic heterocycles. The summed E-state index contributed by atoms with van der Waals surface area (Å²) >= 11 is 3.49. The van der Waals surface area contributed by atoms with Crippen LogP contribution in [0.2, 0.25) is 0 Å². The molecular formula is C13H17BrN2O2. The monoisotopic (exact) mass is 312 g/mol. The summed E-state index contributed by atoms with van der Waals surface area (Å²) in [6.07, 6.45) is 0. The molecular weight excluding hydrogens is 296 g/mol. The maximum absolute atomic E-state index is 12.2. The van der Waals surface area contributed by atoms with Gasteiger partial charge in [-0.15, -0.1) is 0 Å². The highest BCUT2D eigenvalue weighted by Gasteiger charge is 2.24. The Morgan fingerprint density at radius 2 is 2.33 bits per heavy atom. The SMILES string of the molecule is Cc1cccc(NC(=O)N2CCOCC2C)c1Br. The highest BCUT2D eigenvalue weighted by atomic mass is 79.9. The maximum Gasteiger partial charge on any atom is 0.322 e. The van der Waals surface area contributed by atoms with E-state index in [4.69, 9.17) is 4.74 Å². The molecule has 1 aliphatic rings. The molecule has 1 heterocycles. The van der Waals surface area contributed by atoms with Crippen LogP contribution in [0.15, 0.2) is 22.7 Å². The third-order valence-electron chi connectivity index (χ3n) is 3.06. The van der Waals surface area contributed by atoms with Crippen molar-refractivity contribution in [2.45, 2.75) is 19.9 Å². The van der Waals surface area contributed by atoms with Crippen LogP contribution in [0, 0.1) is 6.92 Å². The molecule has 0 aromatic heterocycles. The number of hydrogen-bond acceptors (Lipinski definition) is 2. The van der Waals surface area contributed by atoms with Gasteiger partial charge in [-0.1, -0.05) is 12.1 Å². The third kappa shape index (κ3) is 2.84. The summed E-state index contributed by atoms with van der Waals surface area (Å²) in [6, 6.07) is 5.86. The molecule has 0 spiro atoms. The second-order valence-electron chi connectivity index (χ2n) is 4.48. The minimum atomic E-state index is -0.0721. The zero-order valence-electron chi connectivity index (χ0n) is 10.6. The maximum atomic E-state index is 12.2. The van der Waals surface area contributed by atoms with Gasteiger partial charge in [0.1, 0.15) is 0 Å². The van der Waals surface area contributed by atoms with Gasteiger partial charge >= 0.3 is 6.03 Å². The van der Waals surface area contributed by atoms with E-state index in [9.17, 15) is 4.79 Å². The van der Waals surface area contributed by atoms with Gasteiger partial charge in [0.05, 0.1) is 24.9 Å². The summed E-state index contributed by atoms with van der Waals surface area (Å²) in [6.45, 7) is 5.83. The number of halogens is 1. The summed E-state index contributed by atoms with van der Waals surface area (Å²) in [7, 11) is 0. The number of nitrogens with one attached hydrogen (secondary N) is 1. The largest absolute Gasteiger partial charge is 0.377 e. The number of carbonyl (C=O) groups excluding carboxylic acids is 1. The molecule has 1 saturated heterocycles. The van der Waals surface area contributed by atoms with Crippen LogP contribution in [0.1, 0.15) is 12.5 Å². The Kier molecular flexibility index (Phi) is 4.24. The van der Waals surface area contributed by atoms with Crippen LogP contribution in [0.25, 0.3) is 0 Å². The lowest BCUT2D eigenvalue weighted by molar-refractivity contribution is 0.0221.